The molecule has 0 unspecified atom stereocenters. The highest BCUT2D eigenvalue weighted by molar-refractivity contribution is 4.93. The fraction of sp³-hybridized carbons (Fsp3) is 0.333. The van der Waals surface area contributed by atoms with Crippen molar-refractivity contribution in [3.8, 4) is 12.3 Å². The first-order valence-corrected chi connectivity index (χ1v) is 2.34. The lowest BCUT2D eigenvalue weighted by Gasteiger charge is -1.76. The molecule has 0 aromatic carbocycles. The van der Waals surface area contributed by atoms with Crippen molar-refractivity contribution in [1.29, 1.82) is 10.5 Å². The molecule has 0 atom stereocenters. The van der Waals surface area contributed by atoms with Crippen molar-refractivity contribution in [1.82, 2.24) is 0 Å². The van der Waals surface area contributed by atoms with E-state index in [2.05, 4.69) is 11.3 Å². The summed E-state index contributed by atoms with van der Waals surface area (Å²) in [7, 11) is 0. The van der Waals surface area contributed by atoms with Gasteiger partial charge in [0.2, 0.25) is 0 Å². The van der Waals surface area contributed by atoms with Crippen molar-refractivity contribution in [2.75, 3.05) is 6.61 Å². The van der Waals surface area contributed by atoms with Crippen LogP contribution in [0.1, 0.15) is 6.92 Å². The van der Waals surface area contributed by atoms with Crippen molar-refractivity contribution in [3.63, 3.8) is 0 Å². The van der Waals surface area contributed by atoms with Gasteiger partial charge in [-0.25, -0.2) is 0 Å². The van der Waals surface area contributed by atoms with Gasteiger partial charge in [0.1, 0.15) is 0 Å². The van der Waals surface area contributed by atoms with Crippen molar-refractivity contribution >= 4 is 0 Å². The van der Waals surface area contributed by atoms with E-state index in [1.54, 1.807) is 13.0 Å². The number of hydrogen-bond donors (Lipinski definition) is 0. The second kappa shape index (κ2) is 16.0. The normalized spacial score (nSPS) is 4.78. The Bertz CT molecular complexity index is 129. The van der Waals surface area contributed by atoms with Crippen LogP contribution in [-0.4, -0.2) is 6.61 Å². The standard InChI is InChI=1S/C3H5NO.C3H3N/c1-2-5-3-4;1-2-3-4/h2H2,1H3;2H,1H2. The molecule has 0 aromatic rings. The van der Waals surface area contributed by atoms with Crippen molar-refractivity contribution in [2.24, 2.45) is 0 Å². The van der Waals surface area contributed by atoms with Crippen LogP contribution in [0, 0.1) is 22.8 Å². The minimum Gasteiger partial charge on any atom is -0.428 e. The van der Waals surface area contributed by atoms with Crippen molar-refractivity contribution < 1.29 is 4.74 Å². The fourth-order valence-electron chi connectivity index (χ4n) is 0.0645. The van der Waals surface area contributed by atoms with E-state index in [9.17, 15) is 0 Å². The molecule has 0 saturated carbocycles. The molecule has 3 nitrogen and oxygen atoms in total. The molecule has 0 spiro atoms. The van der Waals surface area contributed by atoms with Crippen LogP contribution in [0.15, 0.2) is 12.7 Å². The predicted molar refractivity (Wildman–Crippen MR) is 33.0 cm³/mol. The molecular formula is C6H8N2O. The molecule has 0 aromatic heterocycles. The van der Waals surface area contributed by atoms with Crippen LogP contribution in [0.3, 0.4) is 0 Å². The molecule has 0 radical (unpaired) electrons. The van der Waals surface area contributed by atoms with E-state index in [1.165, 1.54) is 12.3 Å². The maximum absolute atomic E-state index is 7.59. The highest BCUT2D eigenvalue weighted by Crippen LogP contribution is 1.58. The Morgan fingerprint density at radius 1 is 1.67 bits per heavy atom. The first-order valence-electron chi connectivity index (χ1n) is 2.34. The summed E-state index contributed by atoms with van der Waals surface area (Å²) in [5, 5.41) is 15.1. The van der Waals surface area contributed by atoms with Crippen LogP contribution >= 0.6 is 0 Å². The second-order valence-electron chi connectivity index (χ2n) is 0.858. The van der Waals surface area contributed by atoms with Crippen LogP contribution in [0.2, 0.25) is 0 Å². The quantitative estimate of drug-likeness (QED) is 0.390. The summed E-state index contributed by atoms with van der Waals surface area (Å²) in [5.74, 6) is 0. The smallest absolute Gasteiger partial charge is 0.286 e. The predicted octanol–water partition coefficient (Wildman–Crippen LogP) is 1.20. The SMILES string of the molecule is C=CC#N.CCOC#N. The summed E-state index contributed by atoms with van der Waals surface area (Å²) in [6.07, 6.45) is 2.70. The molecule has 0 aliphatic carbocycles. The van der Waals surface area contributed by atoms with Crippen LogP contribution in [0.5, 0.6) is 0 Å². The minimum absolute atomic E-state index is 0.483. The van der Waals surface area contributed by atoms with Gasteiger partial charge in [-0.2, -0.15) is 10.5 Å². The zero-order chi connectivity index (χ0) is 7.54. The number of allylic oxidation sites excluding steroid dienone is 1. The molecule has 3 heteroatoms. The summed E-state index contributed by atoms with van der Waals surface area (Å²) in [6.45, 7) is 5.37. The number of nitrogens with zero attached hydrogens (tertiary/aromatic N) is 2. The lowest BCUT2D eigenvalue weighted by Crippen LogP contribution is -1.73. The van der Waals surface area contributed by atoms with E-state index in [1.807, 2.05) is 0 Å². The molecule has 0 N–H and O–H groups in total. The van der Waals surface area contributed by atoms with Gasteiger partial charge in [-0.3, -0.25) is 0 Å². The van der Waals surface area contributed by atoms with E-state index < -0.39 is 0 Å². The number of ether oxygens (including phenoxy) is 1. The molecule has 48 valence electrons. The maximum atomic E-state index is 7.59. The van der Waals surface area contributed by atoms with Gasteiger partial charge in [-0.15, -0.1) is 0 Å². The Morgan fingerprint density at radius 2 is 2.11 bits per heavy atom. The van der Waals surface area contributed by atoms with Crippen molar-refractivity contribution in [3.05, 3.63) is 12.7 Å². The number of nitriles is 2. The molecule has 9 heavy (non-hydrogen) atoms. The van der Waals surface area contributed by atoms with E-state index in [0.29, 0.717) is 6.61 Å². The van der Waals surface area contributed by atoms with Gasteiger partial charge in [0.25, 0.3) is 6.26 Å². The molecular weight excluding hydrogens is 116 g/mol. The van der Waals surface area contributed by atoms with Crippen molar-refractivity contribution in [2.45, 2.75) is 6.92 Å². The third-order valence-corrected chi connectivity index (χ3v) is 0.300. The molecule has 0 aliphatic heterocycles. The molecule has 0 fully saturated rings. The van der Waals surface area contributed by atoms with Crippen LogP contribution in [-0.2, 0) is 4.74 Å². The largest absolute Gasteiger partial charge is 0.428 e. The van der Waals surface area contributed by atoms with Gasteiger partial charge in [0.15, 0.2) is 0 Å². The zero-order valence-electron chi connectivity index (χ0n) is 5.29. The van der Waals surface area contributed by atoms with Crippen LogP contribution < -0.4 is 0 Å². The average Bonchev–Trinajstić information content (AvgIpc) is 1.91. The molecule has 0 heterocycles. The zero-order valence-corrected chi connectivity index (χ0v) is 5.29. The maximum Gasteiger partial charge on any atom is 0.286 e. The first-order chi connectivity index (χ1) is 4.33. The summed E-state index contributed by atoms with van der Waals surface area (Å²) < 4.78 is 4.14. The van der Waals surface area contributed by atoms with E-state index >= 15 is 0 Å². The van der Waals surface area contributed by atoms with Crippen LogP contribution in [0.25, 0.3) is 0 Å². The summed E-state index contributed by atoms with van der Waals surface area (Å²) in [4.78, 5) is 0. The Balaban J connectivity index is 0. The Hall–Kier alpha value is -1.48. The lowest BCUT2D eigenvalue weighted by atomic mass is 10.8. The third-order valence-electron chi connectivity index (χ3n) is 0.300. The van der Waals surface area contributed by atoms with Gasteiger partial charge in [0.05, 0.1) is 12.7 Å². The monoisotopic (exact) mass is 124 g/mol. The molecule has 0 amide bonds. The molecule has 0 rings (SSSR count). The first kappa shape index (κ1) is 10.5. The molecule has 0 aliphatic rings. The Kier molecular flexibility index (Phi) is 18.7. The van der Waals surface area contributed by atoms with Crippen LogP contribution in [0.4, 0.5) is 0 Å². The Morgan fingerprint density at radius 3 is 2.11 bits per heavy atom. The summed E-state index contributed by atoms with van der Waals surface area (Å²) in [5.41, 5.74) is 0. The van der Waals surface area contributed by atoms with Gasteiger partial charge < -0.3 is 4.74 Å². The van der Waals surface area contributed by atoms with E-state index in [-0.39, 0.29) is 0 Å². The average molecular weight is 124 g/mol. The van der Waals surface area contributed by atoms with Gasteiger partial charge in [-0.05, 0) is 6.92 Å². The molecule has 0 bridgehead atoms. The van der Waals surface area contributed by atoms with Gasteiger partial charge in [0, 0.05) is 6.08 Å². The lowest BCUT2D eigenvalue weighted by molar-refractivity contribution is 0.291. The summed E-state index contributed by atoms with van der Waals surface area (Å²) in [6, 6.07) is 1.69. The summed E-state index contributed by atoms with van der Waals surface area (Å²) >= 11 is 0. The van der Waals surface area contributed by atoms with E-state index in [0.717, 1.165) is 0 Å². The minimum atomic E-state index is 0.483. The topological polar surface area (TPSA) is 56.8 Å². The third kappa shape index (κ3) is 57.7. The highest BCUT2D eigenvalue weighted by Gasteiger charge is 1.60. The highest BCUT2D eigenvalue weighted by atomic mass is 16.5. The van der Waals surface area contributed by atoms with Gasteiger partial charge in [-0.1, -0.05) is 6.58 Å². The van der Waals surface area contributed by atoms with E-state index in [4.69, 9.17) is 10.5 Å². The number of rotatable bonds is 1. The number of hydrogen-bond acceptors (Lipinski definition) is 3. The fourth-order valence-corrected chi connectivity index (χ4v) is 0.0645. The van der Waals surface area contributed by atoms with Gasteiger partial charge >= 0.3 is 0 Å². The Labute approximate surface area is 54.8 Å². The molecule has 0 saturated heterocycles. The second-order valence-corrected chi connectivity index (χ2v) is 0.858.